The molecule has 0 bridgehead atoms. The van der Waals surface area contributed by atoms with Crippen molar-refractivity contribution in [3.8, 4) is 0 Å². The van der Waals surface area contributed by atoms with Crippen molar-refractivity contribution in [2.45, 2.75) is 44.6 Å². The van der Waals surface area contributed by atoms with Crippen molar-refractivity contribution in [1.29, 1.82) is 0 Å². The van der Waals surface area contributed by atoms with Crippen molar-refractivity contribution in [3.05, 3.63) is 40.3 Å². The number of thioether (sulfide) groups is 1. The Balaban J connectivity index is 1.41. The van der Waals surface area contributed by atoms with Crippen molar-refractivity contribution in [3.63, 3.8) is 0 Å². The molecule has 0 unspecified atom stereocenters. The van der Waals surface area contributed by atoms with E-state index >= 15 is 0 Å². The third-order valence-corrected chi connectivity index (χ3v) is 7.43. The molecule has 6 nitrogen and oxygen atoms in total. The normalized spacial score (nSPS) is 22.3. The van der Waals surface area contributed by atoms with Gasteiger partial charge in [0, 0.05) is 24.7 Å². The summed E-state index contributed by atoms with van der Waals surface area (Å²) in [7, 11) is 0. The lowest BCUT2D eigenvalue weighted by Gasteiger charge is -2.30. The summed E-state index contributed by atoms with van der Waals surface area (Å²) >= 11 is 6.78. The zero-order valence-electron chi connectivity index (χ0n) is 16.6. The first-order chi connectivity index (χ1) is 14.4. The third kappa shape index (κ3) is 4.30. The molecule has 1 N–H and O–H groups in total. The summed E-state index contributed by atoms with van der Waals surface area (Å²) in [6.45, 7) is 0.919. The van der Waals surface area contributed by atoms with Gasteiger partial charge in [0.2, 0.25) is 0 Å². The number of rotatable bonds is 4. The average Bonchev–Trinajstić information content (AvgIpc) is 3.36. The molecule has 8 heteroatoms. The van der Waals surface area contributed by atoms with Gasteiger partial charge < -0.3 is 10.0 Å². The maximum atomic E-state index is 12.8. The van der Waals surface area contributed by atoms with E-state index in [0.717, 1.165) is 31.2 Å². The summed E-state index contributed by atoms with van der Waals surface area (Å²) in [6, 6.07) is 7.41. The number of piperidine rings is 1. The average molecular weight is 445 g/mol. The number of hydrogen-bond acceptors (Lipinski definition) is 5. The minimum absolute atomic E-state index is 0.0154. The number of aliphatic carboxylic acids is 1. The predicted molar refractivity (Wildman–Crippen MR) is 120 cm³/mol. The number of likely N-dealkylation sites (tertiary alicyclic amines) is 1. The molecule has 0 spiro atoms. The molecular formula is C22H24N2O4S2. The zero-order chi connectivity index (χ0) is 21.3. The highest BCUT2D eigenvalue weighted by Gasteiger charge is 2.38. The Morgan fingerprint density at radius 2 is 1.70 bits per heavy atom. The number of benzene rings is 1. The molecule has 1 saturated carbocycles. The highest BCUT2D eigenvalue weighted by Crippen LogP contribution is 2.37. The second-order valence-electron chi connectivity index (χ2n) is 8.02. The van der Waals surface area contributed by atoms with E-state index in [-0.39, 0.29) is 23.8 Å². The minimum atomic E-state index is -0.787. The number of carboxylic acids is 1. The van der Waals surface area contributed by atoms with Gasteiger partial charge in [-0.2, -0.15) is 0 Å². The fraction of sp³-hybridized carbons (Fsp3) is 0.455. The van der Waals surface area contributed by atoms with Crippen LogP contribution >= 0.6 is 24.0 Å². The van der Waals surface area contributed by atoms with Crippen LogP contribution in [0.3, 0.4) is 0 Å². The van der Waals surface area contributed by atoms with Crippen LogP contribution in [0.4, 0.5) is 0 Å². The SMILES string of the molecule is O=C(O)C1CCN(C(=O)c2ccc(C=C3SC(=S)N(C4CCCC4)C3=O)cc2)CC1. The standard InChI is InChI=1S/C22H24N2O4S2/c25-19(23-11-9-16(10-12-23)21(27)28)15-7-5-14(6-8-15)13-18-20(26)24(22(29)30-18)17-3-1-2-4-17/h5-8,13,16-17H,1-4,9-12H2,(H,27,28). The molecule has 30 heavy (non-hydrogen) atoms. The molecule has 3 fully saturated rings. The Hall–Kier alpha value is -2.19. The molecule has 3 aliphatic rings. The lowest BCUT2D eigenvalue weighted by molar-refractivity contribution is -0.143. The van der Waals surface area contributed by atoms with Gasteiger partial charge >= 0.3 is 5.97 Å². The van der Waals surface area contributed by atoms with Gasteiger partial charge in [-0.3, -0.25) is 19.3 Å². The van der Waals surface area contributed by atoms with Crippen molar-refractivity contribution in [1.82, 2.24) is 9.80 Å². The van der Waals surface area contributed by atoms with Crippen LogP contribution in [0.2, 0.25) is 0 Å². The van der Waals surface area contributed by atoms with Crippen molar-refractivity contribution >= 4 is 52.2 Å². The van der Waals surface area contributed by atoms with Crippen LogP contribution in [0.15, 0.2) is 29.2 Å². The monoisotopic (exact) mass is 444 g/mol. The second-order valence-corrected chi connectivity index (χ2v) is 9.69. The number of carbonyl (C=O) groups is 3. The molecule has 0 atom stereocenters. The lowest BCUT2D eigenvalue weighted by Crippen LogP contribution is -2.40. The van der Waals surface area contributed by atoms with E-state index in [1.807, 2.05) is 18.2 Å². The summed E-state index contributed by atoms with van der Waals surface area (Å²) in [5.74, 6) is -1.25. The van der Waals surface area contributed by atoms with Gasteiger partial charge in [0.25, 0.3) is 11.8 Å². The first-order valence-corrected chi connectivity index (χ1v) is 11.6. The number of hydrogen-bond donors (Lipinski definition) is 1. The summed E-state index contributed by atoms with van der Waals surface area (Å²) in [6.07, 6.45) is 7.12. The number of amides is 2. The maximum Gasteiger partial charge on any atom is 0.306 e. The minimum Gasteiger partial charge on any atom is -0.481 e. The molecule has 2 heterocycles. The van der Waals surface area contributed by atoms with Crippen LogP contribution in [-0.4, -0.2) is 56.1 Å². The number of carboxylic acid groups (broad SMARTS) is 1. The topological polar surface area (TPSA) is 77.9 Å². The molecule has 1 aromatic carbocycles. The molecule has 158 valence electrons. The quantitative estimate of drug-likeness (QED) is 0.563. The van der Waals surface area contributed by atoms with Crippen molar-refractivity contribution < 1.29 is 19.5 Å². The number of carbonyl (C=O) groups excluding carboxylic acids is 2. The highest BCUT2D eigenvalue weighted by atomic mass is 32.2. The Bertz CT molecular complexity index is 898. The van der Waals surface area contributed by atoms with Gasteiger partial charge in [0.05, 0.1) is 10.8 Å². The van der Waals surface area contributed by atoms with Gasteiger partial charge in [0.15, 0.2) is 0 Å². The van der Waals surface area contributed by atoms with E-state index in [4.69, 9.17) is 17.3 Å². The van der Waals surface area contributed by atoms with Gasteiger partial charge in [0.1, 0.15) is 4.32 Å². The van der Waals surface area contributed by atoms with Gasteiger partial charge in [-0.1, -0.05) is 49.0 Å². The third-order valence-electron chi connectivity index (χ3n) is 6.10. The van der Waals surface area contributed by atoms with Gasteiger partial charge in [-0.15, -0.1) is 0 Å². The van der Waals surface area contributed by atoms with Crippen LogP contribution in [0.5, 0.6) is 0 Å². The van der Waals surface area contributed by atoms with Crippen LogP contribution in [0.25, 0.3) is 6.08 Å². The molecule has 0 radical (unpaired) electrons. The molecule has 4 rings (SSSR count). The van der Waals surface area contributed by atoms with Crippen LogP contribution in [-0.2, 0) is 9.59 Å². The van der Waals surface area contributed by atoms with E-state index in [2.05, 4.69) is 0 Å². The second kappa shape index (κ2) is 8.89. The van der Waals surface area contributed by atoms with E-state index in [1.54, 1.807) is 21.9 Å². The van der Waals surface area contributed by atoms with Crippen LogP contribution in [0, 0.1) is 5.92 Å². The molecule has 0 aromatic heterocycles. The summed E-state index contributed by atoms with van der Waals surface area (Å²) < 4.78 is 0.634. The molecule has 1 aliphatic carbocycles. The van der Waals surface area contributed by atoms with Crippen molar-refractivity contribution in [2.24, 2.45) is 5.92 Å². The highest BCUT2D eigenvalue weighted by molar-refractivity contribution is 8.26. The first-order valence-electron chi connectivity index (χ1n) is 10.3. The van der Waals surface area contributed by atoms with Crippen LogP contribution in [0.1, 0.15) is 54.4 Å². The molecule has 2 aliphatic heterocycles. The lowest BCUT2D eigenvalue weighted by atomic mass is 9.96. The predicted octanol–water partition coefficient (Wildman–Crippen LogP) is 3.77. The largest absolute Gasteiger partial charge is 0.481 e. The molecule has 1 aromatic rings. The van der Waals surface area contributed by atoms with E-state index < -0.39 is 5.97 Å². The first kappa shape index (κ1) is 21.1. The van der Waals surface area contributed by atoms with Gasteiger partial charge in [-0.25, -0.2) is 0 Å². The van der Waals surface area contributed by atoms with E-state index in [9.17, 15) is 14.4 Å². The van der Waals surface area contributed by atoms with Gasteiger partial charge in [-0.05, 0) is 49.5 Å². The van der Waals surface area contributed by atoms with E-state index in [1.165, 1.54) is 11.8 Å². The number of nitrogens with zero attached hydrogens (tertiary/aromatic N) is 2. The van der Waals surface area contributed by atoms with E-state index in [0.29, 0.717) is 40.7 Å². The summed E-state index contributed by atoms with van der Waals surface area (Å²) in [5.41, 5.74) is 1.42. The molecule has 2 amide bonds. The molecular weight excluding hydrogens is 420 g/mol. The summed E-state index contributed by atoms with van der Waals surface area (Å²) in [4.78, 5) is 40.7. The fourth-order valence-electron chi connectivity index (χ4n) is 4.34. The van der Waals surface area contributed by atoms with Crippen LogP contribution < -0.4 is 0 Å². The zero-order valence-corrected chi connectivity index (χ0v) is 18.2. The Morgan fingerprint density at radius 3 is 2.30 bits per heavy atom. The smallest absolute Gasteiger partial charge is 0.306 e. The molecule has 2 saturated heterocycles. The number of thiocarbonyl (C=S) groups is 1. The Kier molecular flexibility index (Phi) is 6.24. The van der Waals surface area contributed by atoms with Crippen molar-refractivity contribution in [2.75, 3.05) is 13.1 Å². The Labute approximate surface area is 185 Å². The Morgan fingerprint density at radius 1 is 1.07 bits per heavy atom. The summed E-state index contributed by atoms with van der Waals surface area (Å²) in [5, 5.41) is 9.10. The maximum absolute atomic E-state index is 12.8. The fourth-order valence-corrected chi connectivity index (χ4v) is 5.74.